The van der Waals surface area contributed by atoms with Gasteiger partial charge in [0, 0.05) is 37.0 Å². The van der Waals surface area contributed by atoms with E-state index < -0.39 is 12.1 Å². The molecule has 4 fully saturated rings. The number of fused-ring (bicyclic) bond motifs is 4. The summed E-state index contributed by atoms with van der Waals surface area (Å²) in [5, 5.41) is 2.81. The second-order valence-electron chi connectivity index (χ2n) is 16.1. The minimum Gasteiger partial charge on any atom is -0.343 e. The number of carbonyl (C=O) groups is 3. The first-order valence-corrected chi connectivity index (χ1v) is 19.8. The number of hydrogen-bond donors (Lipinski definition) is 3. The molecule has 52 heavy (non-hydrogen) atoms. The van der Waals surface area contributed by atoms with E-state index in [1.807, 2.05) is 36.1 Å². The lowest BCUT2D eigenvalue weighted by Crippen LogP contribution is -2.56. The van der Waals surface area contributed by atoms with Crippen molar-refractivity contribution in [3.8, 4) is 0 Å². The molecular formula is C44H57N5O3. The SMILES string of the molecule is CCN(C(=O)[C@H](C)NC(=O)CN)C1C2CC(CC2CCN(C(=O)[C@@H](N)Cc2ccccc2)C2C3CCC(C3)C2c2ccccc2)C1c1ccccc1. The van der Waals surface area contributed by atoms with Crippen LogP contribution in [0.3, 0.4) is 0 Å². The van der Waals surface area contributed by atoms with Gasteiger partial charge in [-0.05, 0) is 105 Å². The number of nitrogens with zero attached hydrogens (tertiary/aromatic N) is 2. The standard InChI is InChI=1S/C44H57N5O3/c1-3-48(43(51)28(2)47-38(50)27-45)42-36-26-35(40(42)31-17-11-6-12-18-31)24-32(36)21-22-49(44(52)37(46)23-29-13-7-4-8-14-29)41-34-20-19-33(25-34)39(41)30-15-9-5-10-16-30/h4-18,28,32-37,39-42H,3,19-27,45-46H2,1-2H3,(H,47,50)/t28-,32?,33?,34?,35?,36?,37-,39?,40?,41?,42?/m0/s1. The molecular weight excluding hydrogens is 647 g/mol. The summed E-state index contributed by atoms with van der Waals surface area (Å²) in [6, 6.07) is 30.5. The zero-order chi connectivity index (χ0) is 36.4. The summed E-state index contributed by atoms with van der Waals surface area (Å²) in [7, 11) is 0. The highest BCUT2D eigenvalue weighted by molar-refractivity contribution is 5.88. The van der Waals surface area contributed by atoms with Crippen molar-refractivity contribution in [2.45, 2.75) is 94.8 Å². The molecule has 0 spiro atoms. The molecule has 7 rings (SSSR count). The minimum atomic E-state index is -0.656. The number of amides is 3. The lowest BCUT2D eigenvalue weighted by atomic mass is 9.73. The zero-order valence-corrected chi connectivity index (χ0v) is 30.9. The fourth-order valence-corrected chi connectivity index (χ4v) is 11.2. The number of benzene rings is 3. The molecule has 0 saturated heterocycles. The van der Waals surface area contributed by atoms with Gasteiger partial charge in [-0.1, -0.05) is 91.0 Å². The van der Waals surface area contributed by atoms with E-state index in [2.05, 4.69) is 76.9 Å². The molecule has 3 aromatic carbocycles. The smallest absolute Gasteiger partial charge is 0.245 e. The summed E-state index contributed by atoms with van der Waals surface area (Å²) in [6.45, 7) is 4.91. The van der Waals surface area contributed by atoms with Crippen LogP contribution in [-0.2, 0) is 20.8 Å². The van der Waals surface area contributed by atoms with Crippen LogP contribution in [0, 0.1) is 29.6 Å². The maximum atomic E-state index is 14.7. The summed E-state index contributed by atoms with van der Waals surface area (Å²) in [5.74, 6) is 2.43. The average Bonchev–Trinajstić information content (AvgIpc) is 3.98. The van der Waals surface area contributed by atoms with Gasteiger partial charge in [0.1, 0.15) is 6.04 Å². The molecule has 4 aliphatic rings. The Bertz CT molecular complexity index is 1670. The van der Waals surface area contributed by atoms with Crippen LogP contribution in [0.2, 0.25) is 0 Å². The first kappa shape index (κ1) is 36.4. The van der Waals surface area contributed by atoms with Crippen molar-refractivity contribution >= 4 is 17.7 Å². The van der Waals surface area contributed by atoms with Crippen molar-refractivity contribution in [3.63, 3.8) is 0 Å². The molecule has 8 nitrogen and oxygen atoms in total. The summed E-state index contributed by atoms with van der Waals surface area (Å²) >= 11 is 0. The Kier molecular flexibility index (Phi) is 11.1. The van der Waals surface area contributed by atoms with Crippen LogP contribution in [0.15, 0.2) is 91.0 Å². The number of carbonyl (C=O) groups excluding carboxylic acids is 3. The highest BCUT2D eigenvalue weighted by atomic mass is 16.2. The molecule has 0 aliphatic heterocycles. The van der Waals surface area contributed by atoms with Crippen molar-refractivity contribution in [1.82, 2.24) is 15.1 Å². The van der Waals surface area contributed by atoms with Crippen LogP contribution in [0.1, 0.15) is 80.9 Å². The third kappa shape index (κ3) is 7.16. The minimum absolute atomic E-state index is 0.0185. The van der Waals surface area contributed by atoms with Gasteiger partial charge in [0.05, 0.1) is 12.6 Å². The Labute approximate surface area is 309 Å². The Balaban J connectivity index is 1.16. The lowest BCUT2D eigenvalue weighted by Gasteiger charge is -2.45. The zero-order valence-electron chi connectivity index (χ0n) is 30.9. The van der Waals surface area contributed by atoms with Gasteiger partial charge in [-0.15, -0.1) is 0 Å². The lowest BCUT2D eigenvalue weighted by molar-refractivity contribution is -0.139. The van der Waals surface area contributed by atoms with E-state index in [0.717, 1.165) is 31.2 Å². The van der Waals surface area contributed by atoms with Gasteiger partial charge in [-0.3, -0.25) is 14.4 Å². The van der Waals surface area contributed by atoms with Crippen molar-refractivity contribution in [3.05, 3.63) is 108 Å². The maximum absolute atomic E-state index is 14.7. The summed E-state index contributed by atoms with van der Waals surface area (Å²) in [4.78, 5) is 45.2. The third-order valence-electron chi connectivity index (χ3n) is 13.3. The second-order valence-corrected chi connectivity index (χ2v) is 16.1. The topological polar surface area (TPSA) is 122 Å². The quantitative estimate of drug-likeness (QED) is 0.206. The van der Waals surface area contributed by atoms with Crippen LogP contribution in [0.4, 0.5) is 0 Å². The molecule has 9 unspecified atom stereocenters. The fourth-order valence-electron chi connectivity index (χ4n) is 11.2. The van der Waals surface area contributed by atoms with E-state index >= 15 is 0 Å². The van der Waals surface area contributed by atoms with Crippen molar-refractivity contribution in [2.24, 2.45) is 41.1 Å². The molecule has 4 saturated carbocycles. The molecule has 3 amide bonds. The van der Waals surface area contributed by atoms with E-state index in [1.54, 1.807) is 6.92 Å². The Morgan fingerprint density at radius 2 is 1.35 bits per heavy atom. The molecule has 3 aromatic rings. The summed E-state index contributed by atoms with van der Waals surface area (Å²) in [5.41, 5.74) is 16.1. The van der Waals surface area contributed by atoms with Gasteiger partial charge in [0.25, 0.3) is 0 Å². The molecule has 4 aliphatic carbocycles. The average molecular weight is 704 g/mol. The number of likely N-dealkylation sites (N-methyl/N-ethyl adjacent to an activating group) is 1. The van der Waals surface area contributed by atoms with E-state index in [-0.39, 0.29) is 42.3 Å². The largest absolute Gasteiger partial charge is 0.343 e. The van der Waals surface area contributed by atoms with E-state index in [9.17, 15) is 14.4 Å². The van der Waals surface area contributed by atoms with Crippen LogP contribution < -0.4 is 16.8 Å². The first-order valence-electron chi connectivity index (χ1n) is 19.8. The van der Waals surface area contributed by atoms with E-state index in [0.29, 0.717) is 55.0 Å². The van der Waals surface area contributed by atoms with Gasteiger partial charge in [-0.25, -0.2) is 0 Å². The first-order chi connectivity index (χ1) is 25.3. The van der Waals surface area contributed by atoms with Crippen molar-refractivity contribution in [2.75, 3.05) is 19.6 Å². The van der Waals surface area contributed by atoms with Gasteiger partial charge >= 0.3 is 0 Å². The van der Waals surface area contributed by atoms with Gasteiger partial charge in [0.2, 0.25) is 17.7 Å². The maximum Gasteiger partial charge on any atom is 0.245 e. The molecule has 0 heterocycles. The molecule has 11 atom stereocenters. The normalized spacial score (nSPS) is 29.8. The molecule has 5 N–H and O–H groups in total. The summed E-state index contributed by atoms with van der Waals surface area (Å²) in [6.07, 6.45) is 7.12. The molecule has 8 heteroatoms. The highest BCUT2D eigenvalue weighted by Crippen LogP contribution is 2.59. The predicted molar refractivity (Wildman–Crippen MR) is 205 cm³/mol. The van der Waals surface area contributed by atoms with Crippen molar-refractivity contribution < 1.29 is 14.4 Å². The van der Waals surface area contributed by atoms with Crippen LogP contribution >= 0.6 is 0 Å². The molecule has 0 aromatic heterocycles. The Morgan fingerprint density at radius 1 is 0.750 bits per heavy atom. The number of rotatable bonds is 14. The Hall–Kier alpha value is -4.01. The predicted octanol–water partition coefficient (Wildman–Crippen LogP) is 5.48. The van der Waals surface area contributed by atoms with Gasteiger partial charge in [0.15, 0.2) is 0 Å². The van der Waals surface area contributed by atoms with Crippen LogP contribution in [0.25, 0.3) is 0 Å². The van der Waals surface area contributed by atoms with E-state index in [4.69, 9.17) is 11.5 Å². The molecule has 4 bridgehead atoms. The molecule has 0 radical (unpaired) electrons. The van der Waals surface area contributed by atoms with Crippen molar-refractivity contribution in [1.29, 1.82) is 0 Å². The molecule has 276 valence electrons. The van der Waals surface area contributed by atoms with Crippen LogP contribution in [-0.4, -0.2) is 71.3 Å². The van der Waals surface area contributed by atoms with E-state index in [1.165, 1.54) is 24.0 Å². The number of hydrogen-bond acceptors (Lipinski definition) is 5. The number of nitrogens with two attached hydrogens (primary N) is 2. The summed E-state index contributed by atoms with van der Waals surface area (Å²) < 4.78 is 0. The highest BCUT2D eigenvalue weighted by Gasteiger charge is 2.56. The monoisotopic (exact) mass is 703 g/mol. The van der Waals surface area contributed by atoms with Crippen LogP contribution in [0.5, 0.6) is 0 Å². The Morgan fingerprint density at radius 3 is 1.96 bits per heavy atom. The second kappa shape index (κ2) is 15.9. The third-order valence-corrected chi connectivity index (χ3v) is 13.3. The number of nitrogens with one attached hydrogen (secondary N) is 1. The van der Waals surface area contributed by atoms with Gasteiger partial charge < -0.3 is 26.6 Å². The van der Waals surface area contributed by atoms with Gasteiger partial charge in [-0.2, -0.15) is 0 Å². The fraction of sp³-hybridized carbons (Fsp3) is 0.523.